The lowest BCUT2D eigenvalue weighted by Crippen LogP contribution is -2.27. The van der Waals surface area contributed by atoms with Gasteiger partial charge < -0.3 is 4.74 Å². The van der Waals surface area contributed by atoms with Gasteiger partial charge in [0.15, 0.2) is 0 Å². The SMILES string of the molecule is c1ccc2c(c1)[C@H]1O[C@H]1[C@H]1CCCC[C@@H]21. The summed E-state index contributed by atoms with van der Waals surface area (Å²) in [6.45, 7) is 0. The molecular formula is C14H16O. The first-order valence-corrected chi connectivity index (χ1v) is 6.19. The van der Waals surface area contributed by atoms with Crippen LogP contribution in [0, 0.1) is 5.92 Å². The zero-order valence-electron chi connectivity index (χ0n) is 8.86. The summed E-state index contributed by atoms with van der Waals surface area (Å²) < 4.78 is 5.87. The van der Waals surface area contributed by atoms with Crippen LogP contribution >= 0.6 is 0 Å². The van der Waals surface area contributed by atoms with Gasteiger partial charge in [0.1, 0.15) is 6.10 Å². The number of hydrogen-bond donors (Lipinski definition) is 0. The molecule has 0 unspecified atom stereocenters. The highest BCUT2D eigenvalue weighted by Gasteiger charge is 2.53. The molecule has 1 aromatic rings. The molecule has 0 bridgehead atoms. The molecule has 1 heteroatoms. The summed E-state index contributed by atoms with van der Waals surface area (Å²) in [5, 5.41) is 0. The summed E-state index contributed by atoms with van der Waals surface area (Å²) in [5.74, 6) is 1.64. The van der Waals surface area contributed by atoms with Gasteiger partial charge in [-0.25, -0.2) is 0 Å². The van der Waals surface area contributed by atoms with Gasteiger partial charge in [-0.2, -0.15) is 0 Å². The van der Waals surface area contributed by atoms with Crippen LogP contribution in [0.1, 0.15) is 48.8 Å². The van der Waals surface area contributed by atoms with Crippen molar-refractivity contribution < 1.29 is 4.74 Å². The largest absolute Gasteiger partial charge is 0.364 e. The minimum atomic E-state index is 0.459. The van der Waals surface area contributed by atoms with Crippen LogP contribution in [0.4, 0.5) is 0 Å². The Kier molecular flexibility index (Phi) is 1.59. The molecule has 78 valence electrons. The van der Waals surface area contributed by atoms with Crippen molar-refractivity contribution in [3.63, 3.8) is 0 Å². The van der Waals surface area contributed by atoms with Crippen LogP contribution in [0.5, 0.6) is 0 Å². The lowest BCUT2D eigenvalue weighted by molar-refractivity contribution is 0.237. The summed E-state index contributed by atoms with van der Waals surface area (Å²) in [7, 11) is 0. The maximum Gasteiger partial charge on any atom is 0.110 e. The maximum atomic E-state index is 5.87. The molecular weight excluding hydrogens is 184 g/mol. The summed E-state index contributed by atoms with van der Waals surface area (Å²) in [6, 6.07) is 8.94. The summed E-state index contributed by atoms with van der Waals surface area (Å²) in [4.78, 5) is 0. The topological polar surface area (TPSA) is 12.5 Å². The van der Waals surface area contributed by atoms with E-state index in [0.29, 0.717) is 12.2 Å². The van der Waals surface area contributed by atoms with Gasteiger partial charge in [-0.05, 0) is 35.8 Å². The predicted octanol–water partition coefficient (Wildman–Crippen LogP) is 3.41. The fraction of sp³-hybridized carbons (Fsp3) is 0.571. The summed E-state index contributed by atoms with van der Waals surface area (Å²) in [5.41, 5.74) is 3.09. The first-order valence-electron chi connectivity index (χ1n) is 6.19. The number of epoxide rings is 1. The Bertz CT molecular complexity index is 398. The summed E-state index contributed by atoms with van der Waals surface area (Å²) in [6.07, 6.45) is 6.63. The third-order valence-electron chi connectivity index (χ3n) is 4.47. The fourth-order valence-corrected chi connectivity index (χ4v) is 3.75. The molecule has 2 aliphatic carbocycles. The third-order valence-corrected chi connectivity index (χ3v) is 4.47. The quantitative estimate of drug-likeness (QED) is 0.585. The molecule has 3 aliphatic rings. The lowest BCUT2D eigenvalue weighted by Gasteiger charge is -2.34. The van der Waals surface area contributed by atoms with Crippen molar-refractivity contribution in [1.82, 2.24) is 0 Å². The number of hydrogen-bond acceptors (Lipinski definition) is 1. The van der Waals surface area contributed by atoms with E-state index in [1.54, 1.807) is 5.56 Å². The smallest absolute Gasteiger partial charge is 0.110 e. The van der Waals surface area contributed by atoms with E-state index in [4.69, 9.17) is 4.74 Å². The monoisotopic (exact) mass is 200 g/mol. The van der Waals surface area contributed by atoms with E-state index < -0.39 is 0 Å². The standard InChI is InChI=1S/C14H16O/c1-3-7-11-9(5-1)10-6-2-4-8-12(10)14-13(11)15-14/h1,3,5,7,10,12-14H,2,4,6,8H2/t10-,12-,13+,14-/m0/s1. The molecule has 1 saturated carbocycles. The molecule has 0 amide bonds. The highest BCUT2D eigenvalue weighted by Crippen LogP contribution is 2.58. The van der Waals surface area contributed by atoms with Crippen molar-refractivity contribution in [3.05, 3.63) is 35.4 Å². The van der Waals surface area contributed by atoms with E-state index in [0.717, 1.165) is 11.8 Å². The Labute approximate surface area is 90.4 Å². The molecule has 4 atom stereocenters. The molecule has 1 nitrogen and oxygen atoms in total. The van der Waals surface area contributed by atoms with Gasteiger partial charge in [-0.1, -0.05) is 37.1 Å². The molecule has 4 rings (SSSR count). The second-order valence-electron chi connectivity index (χ2n) is 5.21. The van der Waals surface area contributed by atoms with Gasteiger partial charge in [-0.3, -0.25) is 0 Å². The first kappa shape index (κ1) is 8.35. The van der Waals surface area contributed by atoms with Gasteiger partial charge in [0.2, 0.25) is 0 Å². The van der Waals surface area contributed by atoms with E-state index in [2.05, 4.69) is 24.3 Å². The second-order valence-corrected chi connectivity index (χ2v) is 5.21. The molecule has 0 spiro atoms. The molecule has 2 fully saturated rings. The molecule has 0 radical (unpaired) electrons. The van der Waals surface area contributed by atoms with Crippen molar-refractivity contribution in [1.29, 1.82) is 0 Å². The zero-order valence-corrected chi connectivity index (χ0v) is 8.86. The average Bonchev–Trinajstić information content (AvgIpc) is 3.10. The average molecular weight is 200 g/mol. The van der Waals surface area contributed by atoms with Gasteiger partial charge in [-0.15, -0.1) is 0 Å². The van der Waals surface area contributed by atoms with Crippen LogP contribution in [-0.2, 0) is 4.74 Å². The minimum Gasteiger partial charge on any atom is -0.364 e. The summed E-state index contributed by atoms with van der Waals surface area (Å²) >= 11 is 0. The van der Waals surface area contributed by atoms with Crippen molar-refractivity contribution in [2.24, 2.45) is 5.92 Å². The van der Waals surface area contributed by atoms with E-state index in [1.807, 2.05) is 0 Å². The molecule has 15 heavy (non-hydrogen) atoms. The Hall–Kier alpha value is -0.820. The van der Waals surface area contributed by atoms with Gasteiger partial charge >= 0.3 is 0 Å². The van der Waals surface area contributed by atoms with Gasteiger partial charge in [0.05, 0.1) is 6.10 Å². The zero-order chi connectivity index (χ0) is 9.83. The van der Waals surface area contributed by atoms with E-state index >= 15 is 0 Å². The Morgan fingerprint density at radius 1 is 1.00 bits per heavy atom. The molecule has 1 aromatic carbocycles. The van der Waals surface area contributed by atoms with Gasteiger partial charge in [0, 0.05) is 0 Å². The minimum absolute atomic E-state index is 0.459. The molecule has 1 heterocycles. The number of ether oxygens (including phenoxy) is 1. The van der Waals surface area contributed by atoms with Crippen molar-refractivity contribution in [2.75, 3.05) is 0 Å². The van der Waals surface area contributed by atoms with E-state index in [-0.39, 0.29) is 0 Å². The molecule has 0 aromatic heterocycles. The van der Waals surface area contributed by atoms with Crippen LogP contribution in [0.2, 0.25) is 0 Å². The van der Waals surface area contributed by atoms with Crippen LogP contribution in [-0.4, -0.2) is 6.10 Å². The number of benzene rings is 1. The van der Waals surface area contributed by atoms with Gasteiger partial charge in [0.25, 0.3) is 0 Å². The Balaban J connectivity index is 1.84. The van der Waals surface area contributed by atoms with Crippen LogP contribution in [0.15, 0.2) is 24.3 Å². The Morgan fingerprint density at radius 3 is 2.73 bits per heavy atom. The predicted molar refractivity (Wildman–Crippen MR) is 58.8 cm³/mol. The number of fused-ring (bicyclic) bond motifs is 6. The van der Waals surface area contributed by atoms with Crippen molar-refractivity contribution in [3.8, 4) is 0 Å². The lowest BCUT2D eigenvalue weighted by atomic mass is 9.68. The van der Waals surface area contributed by atoms with Crippen molar-refractivity contribution in [2.45, 2.75) is 43.8 Å². The van der Waals surface area contributed by atoms with Crippen molar-refractivity contribution >= 4 is 0 Å². The molecule has 0 N–H and O–H groups in total. The second kappa shape index (κ2) is 2.85. The molecule has 1 saturated heterocycles. The highest BCUT2D eigenvalue weighted by molar-refractivity contribution is 5.40. The van der Waals surface area contributed by atoms with E-state index in [1.165, 1.54) is 31.2 Å². The van der Waals surface area contributed by atoms with Crippen LogP contribution in [0.3, 0.4) is 0 Å². The molecule has 1 aliphatic heterocycles. The fourth-order valence-electron chi connectivity index (χ4n) is 3.75. The van der Waals surface area contributed by atoms with Crippen LogP contribution in [0.25, 0.3) is 0 Å². The number of rotatable bonds is 0. The third kappa shape index (κ3) is 1.07. The highest BCUT2D eigenvalue weighted by atomic mass is 16.6. The van der Waals surface area contributed by atoms with E-state index in [9.17, 15) is 0 Å². The maximum absolute atomic E-state index is 5.87. The first-order chi connectivity index (χ1) is 7.45. The van der Waals surface area contributed by atoms with Crippen LogP contribution < -0.4 is 0 Å². The Morgan fingerprint density at radius 2 is 1.80 bits per heavy atom. The normalized spacial score (nSPS) is 41.3.